The van der Waals surface area contributed by atoms with E-state index in [1.54, 1.807) is 0 Å². The number of aliphatic hydroxyl groups excluding tert-OH is 1. The Morgan fingerprint density at radius 2 is 2.50 bits per heavy atom. The predicted molar refractivity (Wildman–Crippen MR) is 70.9 cm³/mol. The molecule has 1 aliphatic heterocycles. The highest BCUT2D eigenvalue weighted by Gasteiger charge is 2.17. The first-order chi connectivity index (χ1) is 8.70. The highest BCUT2D eigenvalue weighted by atomic mass is 32.1. The summed E-state index contributed by atoms with van der Waals surface area (Å²) in [4.78, 5) is 13.9. The van der Waals surface area contributed by atoms with Gasteiger partial charge in [0.05, 0.1) is 24.2 Å². The number of fused-ring (bicyclic) bond motifs is 1. The number of rotatable bonds is 5. The second kappa shape index (κ2) is 6.31. The SMILES string of the molecule is CCCC(O)CNC(=O)c1cc2c(s1)CCOC2. The molecule has 0 aromatic carbocycles. The summed E-state index contributed by atoms with van der Waals surface area (Å²) in [5.74, 6) is -0.0930. The molecule has 1 amide bonds. The molecule has 1 atom stereocenters. The molecule has 0 aliphatic carbocycles. The maximum Gasteiger partial charge on any atom is 0.261 e. The van der Waals surface area contributed by atoms with Crippen LogP contribution in [0.25, 0.3) is 0 Å². The molecule has 0 radical (unpaired) electrons. The minimum atomic E-state index is -0.447. The molecule has 2 heterocycles. The number of thiophene rings is 1. The summed E-state index contributed by atoms with van der Waals surface area (Å²) >= 11 is 1.53. The number of ether oxygens (including phenoxy) is 1. The fourth-order valence-electron chi connectivity index (χ4n) is 1.99. The second-order valence-electron chi connectivity index (χ2n) is 4.51. The van der Waals surface area contributed by atoms with Gasteiger partial charge in [-0.3, -0.25) is 4.79 Å². The summed E-state index contributed by atoms with van der Waals surface area (Å²) in [6, 6.07) is 1.90. The van der Waals surface area contributed by atoms with Gasteiger partial charge in [0, 0.05) is 17.8 Å². The molecule has 0 saturated heterocycles. The van der Waals surface area contributed by atoms with E-state index in [1.807, 2.05) is 13.0 Å². The van der Waals surface area contributed by atoms with Gasteiger partial charge in [-0.1, -0.05) is 13.3 Å². The van der Waals surface area contributed by atoms with Crippen LogP contribution in [0, 0.1) is 0 Å². The Morgan fingerprint density at radius 1 is 1.67 bits per heavy atom. The maximum absolute atomic E-state index is 11.9. The summed E-state index contributed by atoms with van der Waals surface area (Å²) < 4.78 is 5.35. The normalized spacial score (nSPS) is 16.1. The number of nitrogens with one attached hydrogen (secondary N) is 1. The van der Waals surface area contributed by atoms with Gasteiger partial charge in [0.15, 0.2) is 0 Å². The van der Waals surface area contributed by atoms with Crippen LogP contribution in [-0.4, -0.2) is 30.3 Å². The molecule has 0 saturated carbocycles. The summed E-state index contributed by atoms with van der Waals surface area (Å²) in [6.45, 7) is 3.69. The molecule has 0 fully saturated rings. The van der Waals surface area contributed by atoms with Gasteiger partial charge in [0.1, 0.15) is 0 Å². The van der Waals surface area contributed by atoms with Gasteiger partial charge in [-0.05, 0) is 18.1 Å². The van der Waals surface area contributed by atoms with Crippen molar-refractivity contribution in [3.05, 3.63) is 21.4 Å². The Balaban J connectivity index is 1.90. The lowest BCUT2D eigenvalue weighted by molar-refractivity contribution is 0.0913. The Bertz CT molecular complexity index is 393. The van der Waals surface area contributed by atoms with Crippen molar-refractivity contribution >= 4 is 17.2 Å². The first-order valence-electron chi connectivity index (χ1n) is 6.36. The van der Waals surface area contributed by atoms with Crippen LogP contribution in [-0.2, 0) is 17.8 Å². The maximum atomic E-state index is 11.9. The molecule has 5 heteroatoms. The lowest BCUT2D eigenvalue weighted by Gasteiger charge is -2.10. The second-order valence-corrected chi connectivity index (χ2v) is 5.65. The minimum absolute atomic E-state index is 0.0930. The third-order valence-corrected chi connectivity index (χ3v) is 4.21. The van der Waals surface area contributed by atoms with Crippen LogP contribution in [0.3, 0.4) is 0 Å². The van der Waals surface area contributed by atoms with Crippen LogP contribution < -0.4 is 5.32 Å². The topological polar surface area (TPSA) is 58.6 Å². The Hall–Kier alpha value is -0.910. The van der Waals surface area contributed by atoms with E-state index >= 15 is 0 Å². The smallest absolute Gasteiger partial charge is 0.261 e. The van der Waals surface area contributed by atoms with Gasteiger partial charge in [0.2, 0.25) is 0 Å². The first kappa shape index (κ1) is 13.5. The largest absolute Gasteiger partial charge is 0.391 e. The molecule has 2 N–H and O–H groups in total. The van der Waals surface area contributed by atoms with Crippen molar-refractivity contribution in [2.45, 2.75) is 38.9 Å². The van der Waals surface area contributed by atoms with E-state index < -0.39 is 6.10 Å². The van der Waals surface area contributed by atoms with Crippen LogP contribution >= 0.6 is 11.3 Å². The van der Waals surface area contributed by atoms with Gasteiger partial charge in [0.25, 0.3) is 5.91 Å². The molecular formula is C13H19NO3S. The fourth-order valence-corrected chi connectivity index (χ4v) is 3.06. The van der Waals surface area contributed by atoms with Crippen molar-refractivity contribution in [2.24, 2.45) is 0 Å². The Kier molecular flexibility index (Phi) is 4.74. The van der Waals surface area contributed by atoms with Gasteiger partial charge < -0.3 is 15.2 Å². The van der Waals surface area contributed by atoms with Crippen LogP contribution in [0.5, 0.6) is 0 Å². The molecule has 1 aliphatic rings. The zero-order valence-electron chi connectivity index (χ0n) is 10.6. The number of amides is 1. The molecule has 100 valence electrons. The van der Waals surface area contributed by atoms with E-state index in [0.717, 1.165) is 31.4 Å². The number of carbonyl (C=O) groups is 1. The average Bonchev–Trinajstić information content (AvgIpc) is 2.80. The van der Waals surface area contributed by atoms with Crippen LogP contribution in [0.4, 0.5) is 0 Å². The highest BCUT2D eigenvalue weighted by molar-refractivity contribution is 7.14. The predicted octanol–water partition coefficient (Wildman–Crippen LogP) is 1.71. The molecule has 18 heavy (non-hydrogen) atoms. The van der Waals surface area contributed by atoms with E-state index in [-0.39, 0.29) is 5.91 Å². The molecule has 1 aromatic heterocycles. The van der Waals surface area contributed by atoms with Crippen molar-refractivity contribution in [3.8, 4) is 0 Å². The van der Waals surface area contributed by atoms with Crippen LogP contribution in [0.2, 0.25) is 0 Å². The number of hydrogen-bond donors (Lipinski definition) is 2. The van der Waals surface area contributed by atoms with E-state index in [4.69, 9.17) is 4.74 Å². The number of hydrogen-bond acceptors (Lipinski definition) is 4. The summed E-state index contributed by atoms with van der Waals surface area (Å²) in [6.07, 6.45) is 2.08. The lowest BCUT2D eigenvalue weighted by atomic mass is 10.2. The Morgan fingerprint density at radius 3 is 3.22 bits per heavy atom. The van der Waals surface area contributed by atoms with Crippen molar-refractivity contribution < 1.29 is 14.6 Å². The van der Waals surface area contributed by atoms with Crippen molar-refractivity contribution in [1.29, 1.82) is 0 Å². The molecule has 0 bridgehead atoms. The number of aliphatic hydroxyl groups is 1. The van der Waals surface area contributed by atoms with Crippen molar-refractivity contribution in [1.82, 2.24) is 5.32 Å². The van der Waals surface area contributed by atoms with Gasteiger partial charge in [-0.2, -0.15) is 0 Å². The van der Waals surface area contributed by atoms with Crippen molar-refractivity contribution in [3.63, 3.8) is 0 Å². The van der Waals surface area contributed by atoms with E-state index in [2.05, 4.69) is 5.32 Å². The summed E-state index contributed by atoms with van der Waals surface area (Å²) in [5.41, 5.74) is 1.13. The van der Waals surface area contributed by atoms with E-state index in [0.29, 0.717) is 18.0 Å². The molecular weight excluding hydrogens is 250 g/mol. The lowest BCUT2D eigenvalue weighted by Crippen LogP contribution is -2.31. The minimum Gasteiger partial charge on any atom is -0.391 e. The van der Waals surface area contributed by atoms with E-state index in [9.17, 15) is 9.90 Å². The molecule has 2 rings (SSSR count). The molecule has 4 nitrogen and oxygen atoms in total. The summed E-state index contributed by atoms with van der Waals surface area (Å²) in [7, 11) is 0. The monoisotopic (exact) mass is 269 g/mol. The van der Waals surface area contributed by atoms with Gasteiger partial charge in [-0.25, -0.2) is 0 Å². The average molecular weight is 269 g/mol. The van der Waals surface area contributed by atoms with Crippen LogP contribution in [0.1, 0.15) is 39.9 Å². The third kappa shape index (κ3) is 3.31. The zero-order valence-corrected chi connectivity index (χ0v) is 11.4. The standard InChI is InChI=1S/C13H19NO3S/c1-2-3-10(15)7-14-13(16)12-6-9-8-17-5-4-11(9)18-12/h6,10,15H,2-5,7-8H2,1H3,(H,14,16). The quantitative estimate of drug-likeness (QED) is 0.855. The van der Waals surface area contributed by atoms with Gasteiger partial charge >= 0.3 is 0 Å². The summed E-state index contributed by atoms with van der Waals surface area (Å²) in [5, 5.41) is 12.3. The molecule has 1 aromatic rings. The first-order valence-corrected chi connectivity index (χ1v) is 7.18. The van der Waals surface area contributed by atoms with E-state index in [1.165, 1.54) is 16.2 Å². The number of carbonyl (C=O) groups excluding carboxylic acids is 1. The Labute approximate surface area is 111 Å². The zero-order chi connectivity index (χ0) is 13.0. The third-order valence-electron chi connectivity index (χ3n) is 2.97. The van der Waals surface area contributed by atoms with Crippen molar-refractivity contribution in [2.75, 3.05) is 13.2 Å². The highest BCUT2D eigenvalue weighted by Crippen LogP contribution is 2.26. The van der Waals surface area contributed by atoms with Gasteiger partial charge in [-0.15, -0.1) is 11.3 Å². The fraction of sp³-hybridized carbons (Fsp3) is 0.615. The molecule has 0 spiro atoms. The van der Waals surface area contributed by atoms with Crippen LogP contribution in [0.15, 0.2) is 6.07 Å². The molecule has 1 unspecified atom stereocenters.